The molecule has 0 radical (unpaired) electrons. The van der Waals surface area contributed by atoms with E-state index in [4.69, 9.17) is 0 Å². The Balaban J connectivity index is 1.75. The Labute approximate surface area is 113 Å². The molecule has 3 rings (SSSR count). The first kappa shape index (κ1) is 12.5. The first-order chi connectivity index (χ1) is 9.33. The quantitative estimate of drug-likeness (QED) is 0.912. The third kappa shape index (κ3) is 2.92. The molecule has 1 fully saturated rings. The van der Waals surface area contributed by atoms with E-state index in [2.05, 4.69) is 9.97 Å². The van der Waals surface area contributed by atoms with E-state index in [1.807, 2.05) is 24.3 Å². The SMILES string of the molecule is OC(CC1CCCCC1)c1cnc2ccccc2n1. The molecule has 1 aliphatic carbocycles. The van der Waals surface area contributed by atoms with Crippen LogP contribution < -0.4 is 0 Å². The number of benzene rings is 1. The van der Waals surface area contributed by atoms with Crippen molar-refractivity contribution in [1.29, 1.82) is 0 Å². The number of hydrogen-bond donors (Lipinski definition) is 1. The van der Waals surface area contributed by atoms with Crippen LogP contribution >= 0.6 is 0 Å². The molecule has 3 heteroatoms. The number of nitrogens with zero attached hydrogens (tertiary/aromatic N) is 2. The summed E-state index contributed by atoms with van der Waals surface area (Å²) in [5.41, 5.74) is 2.46. The zero-order valence-corrected chi connectivity index (χ0v) is 11.1. The van der Waals surface area contributed by atoms with Gasteiger partial charge in [0.1, 0.15) is 0 Å². The molecule has 1 unspecified atom stereocenters. The summed E-state index contributed by atoms with van der Waals surface area (Å²) < 4.78 is 0. The van der Waals surface area contributed by atoms with Gasteiger partial charge in [0.15, 0.2) is 0 Å². The predicted octanol–water partition coefficient (Wildman–Crippen LogP) is 3.63. The minimum absolute atomic E-state index is 0.472. The van der Waals surface area contributed by atoms with Crippen molar-refractivity contribution in [3.05, 3.63) is 36.2 Å². The van der Waals surface area contributed by atoms with Crippen molar-refractivity contribution in [1.82, 2.24) is 9.97 Å². The van der Waals surface area contributed by atoms with Gasteiger partial charge in [0.2, 0.25) is 0 Å². The van der Waals surface area contributed by atoms with Gasteiger partial charge in [0.25, 0.3) is 0 Å². The minimum Gasteiger partial charge on any atom is -0.387 e. The molecule has 0 bridgehead atoms. The molecule has 1 aromatic carbocycles. The second-order valence-electron chi connectivity index (χ2n) is 5.54. The molecule has 19 heavy (non-hydrogen) atoms. The molecule has 1 N–H and O–H groups in total. The van der Waals surface area contributed by atoms with Gasteiger partial charge in [-0.25, -0.2) is 4.98 Å². The van der Waals surface area contributed by atoms with Gasteiger partial charge in [-0.3, -0.25) is 4.98 Å². The van der Waals surface area contributed by atoms with Gasteiger partial charge in [0.05, 0.1) is 29.0 Å². The van der Waals surface area contributed by atoms with E-state index in [1.165, 1.54) is 32.1 Å². The number of aromatic nitrogens is 2. The largest absolute Gasteiger partial charge is 0.387 e. The summed E-state index contributed by atoms with van der Waals surface area (Å²) in [6.45, 7) is 0. The van der Waals surface area contributed by atoms with Crippen LogP contribution in [0.5, 0.6) is 0 Å². The number of aliphatic hydroxyl groups is 1. The first-order valence-electron chi connectivity index (χ1n) is 7.22. The van der Waals surface area contributed by atoms with Gasteiger partial charge >= 0.3 is 0 Å². The van der Waals surface area contributed by atoms with Crippen LogP contribution in [-0.4, -0.2) is 15.1 Å². The number of hydrogen-bond acceptors (Lipinski definition) is 3. The maximum Gasteiger partial charge on any atom is 0.0978 e. The van der Waals surface area contributed by atoms with Crippen LogP contribution in [0.25, 0.3) is 11.0 Å². The summed E-state index contributed by atoms with van der Waals surface area (Å²) in [7, 11) is 0. The molecule has 1 heterocycles. The maximum absolute atomic E-state index is 10.3. The van der Waals surface area contributed by atoms with Crippen molar-refractivity contribution in [3.63, 3.8) is 0 Å². The van der Waals surface area contributed by atoms with Gasteiger partial charge in [-0.1, -0.05) is 44.2 Å². The van der Waals surface area contributed by atoms with Crippen molar-refractivity contribution >= 4 is 11.0 Å². The molecule has 1 aliphatic rings. The van der Waals surface area contributed by atoms with E-state index in [9.17, 15) is 5.11 Å². The van der Waals surface area contributed by atoms with Crippen LogP contribution in [-0.2, 0) is 0 Å². The fraction of sp³-hybridized carbons (Fsp3) is 0.500. The Morgan fingerprint density at radius 3 is 2.63 bits per heavy atom. The summed E-state index contributed by atoms with van der Waals surface area (Å²) >= 11 is 0. The number of rotatable bonds is 3. The van der Waals surface area contributed by atoms with Gasteiger partial charge in [-0.15, -0.1) is 0 Å². The molecule has 1 atom stereocenters. The van der Waals surface area contributed by atoms with Crippen molar-refractivity contribution < 1.29 is 5.11 Å². The third-order valence-corrected chi connectivity index (χ3v) is 4.09. The van der Waals surface area contributed by atoms with E-state index < -0.39 is 6.10 Å². The van der Waals surface area contributed by atoms with Crippen LogP contribution in [0.1, 0.15) is 50.3 Å². The monoisotopic (exact) mass is 256 g/mol. The average Bonchev–Trinajstić information content (AvgIpc) is 2.48. The van der Waals surface area contributed by atoms with Crippen LogP contribution in [0.2, 0.25) is 0 Å². The van der Waals surface area contributed by atoms with E-state index in [1.54, 1.807) is 6.20 Å². The molecule has 2 aromatic rings. The van der Waals surface area contributed by atoms with Crippen molar-refractivity contribution in [2.75, 3.05) is 0 Å². The van der Waals surface area contributed by atoms with E-state index in [0.29, 0.717) is 11.6 Å². The third-order valence-electron chi connectivity index (χ3n) is 4.09. The second-order valence-corrected chi connectivity index (χ2v) is 5.54. The summed E-state index contributed by atoms with van der Waals surface area (Å²) in [6, 6.07) is 7.79. The van der Waals surface area contributed by atoms with E-state index in [0.717, 1.165) is 17.5 Å². The van der Waals surface area contributed by atoms with Crippen LogP contribution in [0.4, 0.5) is 0 Å². The lowest BCUT2D eigenvalue weighted by atomic mass is 9.85. The Bertz CT molecular complexity index is 549. The molecule has 0 spiro atoms. The van der Waals surface area contributed by atoms with Gasteiger partial charge < -0.3 is 5.11 Å². The number of aliphatic hydroxyl groups excluding tert-OH is 1. The summed E-state index contributed by atoms with van der Waals surface area (Å²) in [6.07, 6.45) is 8.53. The lowest BCUT2D eigenvalue weighted by molar-refractivity contribution is 0.127. The molecule has 3 nitrogen and oxygen atoms in total. The fourth-order valence-corrected chi connectivity index (χ4v) is 2.99. The Morgan fingerprint density at radius 2 is 1.84 bits per heavy atom. The molecule has 1 saturated carbocycles. The van der Waals surface area contributed by atoms with Crippen molar-refractivity contribution in [3.8, 4) is 0 Å². The molecular weight excluding hydrogens is 236 g/mol. The van der Waals surface area contributed by atoms with Crippen molar-refractivity contribution in [2.24, 2.45) is 5.92 Å². The molecule has 0 saturated heterocycles. The number of para-hydroxylation sites is 2. The molecular formula is C16H20N2O. The highest BCUT2D eigenvalue weighted by molar-refractivity contribution is 5.73. The normalized spacial score (nSPS) is 18.6. The smallest absolute Gasteiger partial charge is 0.0978 e. The highest BCUT2D eigenvalue weighted by atomic mass is 16.3. The number of fused-ring (bicyclic) bond motifs is 1. The van der Waals surface area contributed by atoms with E-state index >= 15 is 0 Å². The molecule has 0 amide bonds. The summed E-state index contributed by atoms with van der Waals surface area (Å²) in [5, 5.41) is 10.3. The van der Waals surface area contributed by atoms with Crippen LogP contribution in [0.15, 0.2) is 30.5 Å². The molecule has 0 aliphatic heterocycles. The maximum atomic E-state index is 10.3. The Hall–Kier alpha value is -1.48. The summed E-state index contributed by atoms with van der Waals surface area (Å²) in [4.78, 5) is 8.90. The second kappa shape index (κ2) is 5.66. The van der Waals surface area contributed by atoms with Gasteiger partial charge in [0, 0.05) is 0 Å². The molecule has 1 aromatic heterocycles. The van der Waals surface area contributed by atoms with Crippen LogP contribution in [0.3, 0.4) is 0 Å². The Kier molecular flexibility index (Phi) is 3.74. The summed E-state index contributed by atoms with van der Waals surface area (Å²) in [5.74, 6) is 0.650. The highest BCUT2D eigenvalue weighted by Crippen LogP contribution is 2.31. The van der Waals surface area contributed by atoms with Gasteiger partial charge in [-0.2, -0.15) is 0 Å². The van der Waals surface area contributed by atoms with E-state index in [-0.39, 0.29) is 0 Å². The topological polar surface area (TPSA) is 46.0 Å². The minimum atomic E-state index is -0.472. The highest BCUT2D eigenvalue weighted by Gasteiger charge is 2.19. The van der Waals surface area contributed by atoms with Gasteiger partial charge in [-0.05, 0) is 24.5 Å². The molecule has 100 valence electrons. The Morgan fingerprint density at radius 1 is 1.11 bits per heavy atom. The average molecular weight is 256 g/mol. The standard InChI is InChI=1S/C16H20N2O/c19-16(10-12-6-2-1-3-7-12)15-11-17-13-8-4-5-9-14(13)18-15/h4-5,8-9,11-12,16,19H,1-3,6-7,10H2. The lowest BCUT2D eigenvalue weighted by Gasteiger charge is -2.23. The van der Waals surface area contributed by atoms with Crippen LogP contribution in [0, 0.1) is 5.92 Å². The zero-order valence-electron chi connectivity index (χ0n) is 11.1. The fourth-order valence-electron chi connectivity index (χ4n) is 2.99. The zero-order chi connectivity index (χ0) is 13.1. The predicted molar refractivity (Wildman–Crippen MR) is 75.7 cm³/mol. The lowest BCUT2D eigenvalue weighted by Crippen LogP contribution is -2.12. The van der Waals surface area contributed by atoms with Crippen molar-refractivity contribution in [2.45, 2.75) is 44.6 Å². The first-order valence-corrected chi connectivity index (χ1v) is 7.22.